The Bertz CT molecular complexity index is 380. The van der Waals surface area contributed by atoms with Crippen LogP contribution in [0.25, 0.3) is 11.1 Å². The molecular formula is C16H23NOSi. The molecule has 0 atom stereocenters. The standard InChI is InChI=1S/C12H10.C4H10OSi.H3N/c1-3-7-11(8-4-1)12-9-5-2-6-10-12;1-2-4-6-5-3-1;/h1-10H;1-4,6H2;1H3. The molecule has 1 aliphatic heterocycles. The van der Waals surface area contributed by atoms with E-state index in [0.29, 0.717) is 0 Å². The van der Waals surface area contributed by atoms with Crippen molar-refractivity contribution in [3.8, 4) is 11.1 Å². The summed E-state index contributed by atoms with van der Waals surface area (Å²) in [5.74, 6) is 0. The molecule has 3 rings (SSSR count). The molecule has 0 radical (unpaired) electrons. The summed E-state index contributed by atoms with van der Waals surface area (Å²) in [5.41, 5.74) is 2.55. The van der Waals surface area contributed by atoms with E-state index in [1.54, 1.807) is 0 Å². The monoisotopic (exact) mass is 273 g/mol. The van der Waals surface area contributed by atoms with E-state index in [4.69, 9.17) is 4.43 Å². The van der Waals surface area contributed by atoms with Crippen molar-refractivity contribution in [3.63, 3.8) is 0 Å². The lowest BCUT2D eigenvalue weighted by Gasteiger charge is -2.07. The van der Waals surface area contributed by atoms with Crippen LogP contribution in [0.3, 0.4) is 0 Å². The van der Waals surface area contributed by atoms with Gasteiger partial charge < -0.3 is 10.6 Å². The highest BCUT2D eigenvalue weighted by molar-refractivity contribution is 6.27. The minimum atomic E-state index is 0. The first-order chi connectivity index (χ1) is 8.97. The highest BCUT2D eigenvalue weighted by atomic mass is 28.2. The van der Waals surface area contributed by atoms with Crippen LogP contribution in [0.1, 0.15) is 12.8 Å². The van der Waals surface area contributed by atoms with Gasteiger partial charge in [-0.05, 0) is 23.6 Å². The summed E-state index contributed by atoms with van der Waals surface area (Å²) in [6.07, 6.45) is 2.75. The molecule has 2 nitrogen and oxygen atoms in total. The maximum absolute atomic E-state index is 5.21. The quantitative estimate of drug-likeness (QED) is 0.803. The normalized spacial score (nSPS) is 14.9. The molecule has 0 unspecified atom stereocenters. The van der Waals surface area contributed by atoms with Crippen LogP contribution < -0.4 is 6.15 Å². The molecule has 3 heteroatoms. The largest absolute Gasteiger partial charge is 0.424 e. The summed E-state index contributed by atoms with van der Waals surface area (Å²) in [7, 11) is 0.00849. The lowest BCUT2D eigenvalue weighted by atomic mass is 10.1. The topological polar surface area (TPSA) is 44.2 Å². The molecule has 19 heavy (non-hydrogen) atoms. The highest BCUT2D eigenvalue weighted by Gasteiger charge is 1.96. The fourth-order valence-corrected chi connectivity index (χ4v) is 3.12. The van der Waals surface area contributed by atoms with Gasteiger partial charge in [0.2, 0.25) is 0 Å². The van der Waals surface area contributed by atoms with Crippen LogP contribution in [0, 0.1) is 0 Å². The lowest BCUT2D eigenvalue weighted by Crippen LogP contribution is -2.06. The van der Waals surface area contributed by atoms with Crippen LogP contribution in [-0.4, -0.2) is 16.4 Å². The molecule has 102 valence electrons. The van der Waals surface area contributed by atoms with Crippen molar-refractivity contribution < 1.29 is 4.43 Å². The van der Waals surface area contributed by atoms with E-state index >= 15 is 0 Å². The smallest absolute Gasteiger partial charge is 0.161 e. The molecule has 1 fully saturated rings. The minimum Gasteiger partial charge on any atom is -0.424 e. The maximum atomic E-state index is 5.21. The summed E-state index contributed by atoms with van der Waals surface area (Å²) < 4.78 is 5.21. The molecule has 0 saturated carbocycles. The first kappa shape index (κ1) is 15.6. The van der Waals surface area contributed by atoms with Gasteiger partial charge in [0.25, 0.3) is 0 Å². The Morgan fingerprint density at radius 3 is 1.53 bits per heavy atom. The third-order valence-corrected chi connectivity index (χ3v) is 4.32. The minimum absolute atomic E-state index is 0. The van der Waals surface area contributed by atoms with Gasteiger partial charge >= 0.3 is 0 Å². The first-order valence-corrected chi connectivity index (χ1v) is 8.23. The third kappa shape index (κ3) is 5.83. The lowest BCUT2D eigenvalue weighted by molar-refractivity contribution is 0.304. The van der Waals surface area contributed by atoms with E-state index in [0.717, 1.165) is 6.61 Å². The van der Waals surface area contributed by atoms with Gasteiger partial charge in [-0.3, -0.25) is 0 Å². The fourth-order valence-electron chi connectivity index (χ4n) is 1.95. The van der Waals surface area contributed by atoms with Crippen LogP contribution in [0.5, 0.6) is 0 Å². The fraction of sp³-hybridized carbons (Fsp3) is 0.250. The van der Waals surface area contributed by atoms with Crippen molar-refractivity contribution in [1.29, 1.82) is 0 Å². The van der Waals surface area contributed by atoms with E-state index in [1.165, 1.54) is 30.0 Å². The second-order valence-electron chi connectivity index (χ2n) is 4.41. The first-order valence-electron chi connectivity index (χ1n) is 6.65. The third-order valence-electron chi connectivity index (χ3n) is 2.96. The summed E-state index contributed by atoms with van der Waals surface area (Å²) in [4.78, 5) is 0. The second-order valence-corrected chi connectivity index (χ2v) is 5.93. The Hall–Kier alpha value is -1.42. The Labute approximate surface area is 118 Å². The molecule has 0 amide bonds. The molecule has 1 aliphatic rings. The molecule has 3 N–H and O–H groups in total. The zero-order chi connectivity index (χ0) is 12.5. The van der Waals surface area contributed by atoms with Crippen molar-refractivity contribution in [2.24, 2.45) is 0 Å². The van der Waals surface area contributed by atoms with Crippen molar-refractivity contribution >= 4 is 9.76 Å². The Morgan fingerprint density at radius 1 is 0.737 bits per heavy atom. The molecule has 1 heterocycles. The van der Waals surface area contributed by atoms with E-state index < -0.39 is 0 Å². The summed E-state index contributed by atoms with van der Waals surface area (Å²) in [6, 6.07) is 22.2. The average molecular weight is 273 g/mol. The molecule has 2 aromatic carbocycles. The number of rotatable bonds is 1. The maximum Gasteiger partial charge on any atom is 0.161 e. The SMILES string of the molecule is C1CC[SiH2]OC1.N.c1ccc(-c2ccccc2)cc1. The number of hydrogen-bond acceptors (Lipinski definition) is 2. The van der Waals surface area contributed by atoms with Crippen LogP contribution in [0.2, 0.25) is 6.04 Å². The van der Waals surface area contributed by atoms with E-state index in [-0.39, 0.29) is 15.9 Å². The molecular weight excluding hydrogens is 250 g/mol. The van der Waals surface area contributed by atoms with E-state index in [2.05, 4.69) is 48.5 Å². The molecule has 0 aromatic heterocycles. The predicted molar refractivity (Wildman–Crippen MR) is 85.4 cm³/mol. The van der Waals surface area contributed by atoms with Gasteiger partial charge in [-0.1, -0.05) is 67.1 Å². The van der Waals surface area contributed by atoms with Gasteiger partial charge in [-0.15, -0.1) is 0 Å². The molecule has 0 bridgehead atoms. The van der Waals surface area contributed by atoms with Gasteiger partial charge in [0.05, 0.1) is 0 Å². The van der Waals surface area contributed by atoms with Crippen LogP contribution in [0.4, 0.5) is 0 Å². The van der Waals surface area contributed by atoms with Crippen molar-refractivity contribution in [3.05, 3.63) is 60.7 Å². The van der Waals surface area contributed by atoms with E-state index in [9.17, 15) is 0 Å². The van der Waals surface area contributed by atoms with Crippen LogP contribution >= 0.6 is 0 Å². The molecule has 0 aliphatic carbocycles. The average Bonchev–Trinajstić information content (AvgIpc) is 2.51. The van der Waals surface area contributed by atoms with Gasteiger partial charge in [0.15, 0.2) is 9.76 Å². The van der Waals surface area contributed by atoms with Gasteiger partial charge in [0, 0.05) is 6.61 Å². The Balaban J connectivity index is 0.000000220. The predicted octanol–water partition coefficient (Wildman–Crippen LogP) is 3.81. The number of benzene rings is 2. The van der Waals surface area contributed by atoms with Gasteiger partial charge in [-0.2, -0.15) is 0 Å². The second kappa shape index (κ2) is 9.50. The molecule has 0 spiro atoms. The zero-order valence-electron chi connectivity index (χ0n) is 11.4. The summed E-state index contributed by atoms with van der Waals surface area (Å²) in [6.45, 7) is 1.06. The van der Waals surface area contributed by atoms with Crippen LogP contribution in [0.15, 0.2) is 60.7 Å². The summed E-state index contributed by atoms with van der Waals surface area (Å²) >= 11 is 0. The Kier molecular flexibility index (Phi) is 7.82. The summed E-state index contributed by atoms with van der Waals surface area (Å²) in [5, 5.41) is 0. The Morgan fingerprint density at radius 2 is 1.26 bits per heavy atom. The van der Waals surface area contributed by atoms with Crippen molar-refractivity contribution in [2.45, 2.75) is 18.9 Å². The van der Waals surface area contributed by atoms with Gasteiger partial charge in [-0.25, -0.2) is 0 Å². The van der Waals surface area contributed by atoms with Crippen molar-refractivity contribution in [1.82, 2.24) is 6.15 Å². The highest BCUT2D eigenvalue weighted by Crippen LogP contribution is 2.17. The van der Waals surface area contributed by atoms with Gasteiger partial charge in [0.1, 0.15) is 0 Å². The van der Waals surface area contributed by atoms with E-state index in [1.807, 2.05) is 12.1 Å². The van der Waals surface area contributed by atoms with Crippen LogP contribution in [-0.2, 0) is 4.43 Å². The zero-order valence-corrected chi connectivity index (χ0v) is 12.8. The molecule has 2 aromatic rings. The number of hydrogen-bond donors (Lipinski definition) is 1. The molecule has 1 saturated heterocycles. The van der Waals surface area contributed by atoms with Crippen molar-refractivity contribution in [2.75, 3.05) is 6.61 Å².